The minimum atomic E-state index is -0.407. The number of para-hydroxylation sites is 1. The second-order valence-electron chi connectivity index (χ2n) is 5.04. The normalized spacial score (nSPS) is 19.4. The van der Waals surface area contributed by atoms with Gasteiger partial charge in [-0.25, -0.2) is 4.39 Å². The first-order valence-electron chi connectivity index (χ1n) is 6.55. The van der Waals surface area contributed by atoms with E-state index in [1.165, 1.54) is 6.07 Å². The number of nitrogens with one attached hydrogen (secondary N) is 2. The summed E-state index contributed by atoms with van der Waals surface area (Å²) in [7, 11) is 3.69. The van der Waals surface area contributed by atoms with Gasteiger partial charge in [0.25, 0.3) is 5.91 Å². The molecule has 4 nitrogen and oxygen atoms in total. The van der Waals surface area contributed by atoms with Gasteiger partial charge in [-0.15, -0.1) is 0 Å². The van der Waals surface area contributed by atoms with Crippen LogP contribution in [0.4, 0.5) is 10.1 Å². The number of rotatable bonds is 4. The van der Waals surface area contributed by atoms with Crippen molar-refractivity contribution in [3.05, 3.63) is 29.6 Å². The van der Waals surface area contributed by atoms with Gasteiger partial charge in [0.05, 0.1) is 11.3 Å². The number of carbonyl (C=O) groups excluding carboxylic acids is 1. The molecule has 104 valence electrons. The Hall–Kier alpha value is -1.62. The van der Waals surface area contributed by atoms with Crippen LogP contribution in [0.5, 0.6) is 0 Å². The summed E-state index contributed by atoms with van der Waals surface area (Å²) in [4.78, 5) is 14.3. The number of hydrogen-bond acceptors (Lipinski definition) is 3. The van der Waals surface area contributed by atoms with Crippen molar-refractivity contribution < 1.29 is 9.18 Å². The van der Waals surface area contributed by atoms with Crippen LogP contribution < -0.4 is 10.6 Å². The Kier molecular flexibility index (Phi) is 4.37. The molecule has 1 amide bonds. The predicted molar refractivity (Wildman–Crippen MR) is 73.9 cm³/mol. The number of nitrogens with zero attached hydrogens (tertiary/aromatic N) is 1. The summed E-state index contributed by atoms with van der Waals surface area (Å²) >= 11 is 0. The van der Waals surface area contributed by atoms with E-state index in [0.29, 0.717) is 18.0 Å². The molecule has 0 bridgehead atoms. The monoisotopic (exact) mass is 265 g/mol. The standard InChI is InChI=1S/C14H20FN3O/c1-16-13-11(4-3-5-12(13)15)14(19)17-8-10-6-7-18(2)9-10/h3-5,10,16H,6-9H2,1-2H3,(H,17,19). The average Bonchev–Trinajstić information content (AvgIpc) is 2.81. The lowest BCUT2D eigenvalue weighted by Crippen LogP contribution is -2.31. The van der Waals surface area contributed by atoms with E-state index in [1.54, 1.807) is 19.2 Å². The molecular weight excluding hydrogens is 245 g/mol. The van der Waals surface area contributed by atoms with Crippen molar-refractivity contribution in [1.82, 2.24) is 10.2 Å². The van der Waals surface area contributed by atoms with Crippen molar-refractivity contribution in [2.75, 3.05) is 39.0 Å². The maximum atomic E-state index is 13.6. The zero-order chi connectivity index (χ0) is 13.8. The molecule has 1 aliphatic rings. The molecule has 19 heavy (non-hydrogen) atoms. The molecular formula is C14H20FN3O. The Morgan fingerprint density at radius 2 is 2.32 bits per heavy atom. The number of carbonyl (C=O) groups is 1. The Bertz CT molecular complexity index is 464. The highest BCUT2D eigenvalue weighted by Crippen LogP contribution is 2.19. The van der Waals surface area contributed by atoms with Gasteiger partial charge < -0.3 is 15.5 Å². The van der Waals surface area contributed by atoms with E-state index in [0.717, 1.165) is 19.5 Å². The smallest absolute Gasteiger partial charge is 0.253 e. The van der Waals surface area contributed by atoms with E-state index < -0.39 is 5.82 Å². The van der Waals surface area contributed by atoms with Gasteiger partial charge in [-0.2, -0.15) is 0 Å². The number of anilines is 1. The van der Waals surface area contributed by atoms with Gasteiger partial charge in [-0.05, 0) is 38.1 Å². The number of benzene rings is 1. The summed E-state index contributed by atoms with van der Waals surface area (Å²) in [6, 6.07) is 4.52. The summed E-state index contributed by atoms with van der Waals surface area (Å²) in [5.41, 5.74) is 0.609. The topological polar surface area (TPSA) is 44.4 Å². The van der Waals surface area contributed by atoms with Crippen molar-refractivity contribution in [1.29, 1.82) is 0 Å². The van der Waals surface area contributed by atoms with Crippen LogP contribution in [-0.2, 0) is 0 Å². The molecule has 1 saturated heterocycles. The quantitative estimate of drug-likeness (QED) is 0.868. The van der Waals surface area contributed by atoms with Crippen LogP contribution in [0.15, 0.2) is 18.2 Å². The van der Waals surface area contributed by atoms with Crippen LogP contribution in [-0.4, -0.2) is 44.5 Å². The van der Waals surface area contributed by atoms with E-state index >= 15 is 0 Å². The van der Waals surface area contributed by atoms with E-state index in [4.69, 9.17) is 0 Å². The lowest BCUT2D eigenvalue weighted by molar-refractivity contribution is 0.0948. The average molecular weight is 265 g/mol. The molecule has 1 aromatic rings. The van der Waals surface area contributed by atoms with Gasteiger partial charge in [-0.1, -0.05) is 6.07 Å². The molecule has 1 fully saturated rings. The van der Waals surface area contributed by atoms with Crippen LogP contribution in [0.2, 0.25) is 0 Å². The summed E-state index contributed by atoms with van der Waals surface area (Å²) in [5.74, 6) is -0.144. The van der Waals surface area contributed by atoms with Crippen LogP contribution >= 0.6 is 0 Å². The zero-order valence-corrected chi connectivity index (χ0v) is 11.4. The van der Waals surface area contributed by atoms with Crippen molar-refractivity contribution >= 4 is 11.6 Å². The first-order chi connectivity index (χ1) is 9.11. The van der Waals surface area contributed by atoms with E-state index in [2.05, 4.69) is 22.6 Å². The largest absolute Gasteiger partial charge is 0.385 e. The number of likely N-dealkylation sites (tertiary alicyclic amines) is 1. The van der Waals surface area contributed by atoms with Crippen LogP contribution in [0, 0.1) is 11.7 Å². The molecule has 0 radical (unpaired) electrons. The van der Waals surface area contributed by atoms with Gasteiger partial charge >= 0.3 is 0 Å². The van der Waals surface area contributed by atoms with Crippen molar-refractivity contribution in [3.63, 3.8) is 0 Å². The van der Waals surface area contributed by atoms with Gasteiger partial charge in [0.1, 0.15) is 5.82 Å². The minimum Gasteiger partial charge on any atom is -0.385 e. The molecule has 2 N–H and O–H groups in total. The Labute approximate surface area is 113 Å². The molecule has 0 aromatic heterocycles. The fraction of sp³-hybridized carbons (Fsp3) is 0.500. The van der Waals surface area contributed by atoms with Gasteiger partial charge in [0.15, 0.2) is 0 Å². The van der Waals surface area contributed by atoms with Crippen LogP contribution in [0.1, 0.15) is 16.8 Å². The minimum absolute atomic E-state index is 0.224. The molecule has 1 aromatic carbocycles. The summed E-state index contributed by atoms with van der Waals surface area (Å²) < 4.78 is 13.6. The third-order valence-corrected chi connectivity index (χ3v) is 3.55. The summed E-state index contributed by atoms with van der Waals surface area (Å²) in [6.07, 6.45) is 1.10. The Morgan fingerprint density at radius 3 is 2.95 bits per heavy atom. The maximum absolute atomic E-state index is 13.6. The number of hydrogen-bond donors (Lipinski definition) is 2. The van der Waals surface area contributed by atoms with Crippen molar-refractivity contribution in [2.45, 2.75) is 6.42 Å². The lowest BCUT2D eigenvalue weighted by atomic mass is 10.1. The maximum Gasteiger partial charge on any atom is 0.253 e. The summed E-state index contributed by atoms with van der Waals surface area (Å²) in [6.45, 7) is 2.72. The highest BCUT2D eigenvalue weighted by atomic mass is 19.1. The number of amides is 1. The molecule has 0 saturated carbocycles. The van der Waals surface area contributed by atoms with Gasteiger partial charge in [0, 0.05) is 20.1 Å². The van der Waals surface area contributed by atoms with E-state index in [9.17, 15) is 9.18 Å². The van der Waals surface area contributed by atoms with E-state index in [1.807, 2.05) is 0 Å². The highest BCUT2D eigenvalue weighted by molar-refractivity contribution is 5.99. The SMILES string of the molecule is CNc1c(F)cccc1C(=O)NCC1CCN(C)C1. The molecule has 1 heterocycles. The fourth-order valence-corrected chi connectivity index (χ4v) is 2.49. The lowest BCUT2D eigenvalue weighted by Gasteiger charge is -2.13. The van der Waals surface area contributed by atoms with Gasteiger partial charge in [-0.3, -0.25) is 4.79 Å². The molecule has 5 heteroatoms. The molecule has 0 spiro atoms. The third-order valence-electron chi connectivity index (χ3n) is 3.55. The molecule has 0 aliphatic carbocycles. The Balaban J connectivity index is 1.98. The first-order valence-corrected chi connectivity index (χ1v) is 6.55. The fourth-order valence-electron chi connectivity index (χ4n) is 2.49. The van der Waals surface area contributed by atoms with Gasteiger partial charge in [0.2, 0.25) is 0 Å². The van der Waals surface area contributed by atoms with Crippen molar-refractivity contribution in [2.24, 2.45) is 5.92 Å². The third kappa shape index (κ3) is 3.23. The molecule has 1 atom stereocenters. The van der Waals surface area contributed by atoms with Crippen molar-refractivity contribution in [3.8, 4) is 0 Å². The first kappa shape index (κ1) is 13.8. The van der Waals surface area contributed by atoms with Crippen LogP contribution in [0.25, 0.3) is 0 Å². The number of halogens is 1. The second-order valence-corrected chi connectivity index (χ2v) is 5.04. The zero-order valence-electron chi connectivity index (χ0n) is 11.4. The second kappa shape index (κ2) is 6.02. The molecule has 1 unspecified atom stereocenters. The Morgan fingerprint density at radius 1 is 1.53 bits per heavy atom. The summed E-state index contributed by atoms with van der Waals surface area (Å²) in [5, 5.41) is 5.63. The predicted octanol–water partition coefficient (Wildman–Crippen LogP) is 1.55. The highest BCUT2D eigenvalue weighted by Gasteiger charge is 2.21. The molecule has 1 aliphatic heterocycles. The molecule has 2 rings (SSSR count). The van der Waals surface area contributed by atoms with Crippen LogP contribution in [0.3, 0.4) is 0 Å². The van der Waals surface area contributed by atoms with E-state index in [-0.39, 0.29) is 11.6 Å².